The molecular weight excluding hydrogens is 185 g/mol. The summed E-state index contributed by atoms with van der Waals surface area (Å²) in [7, 11) is 0. The van der Waals surface area contributed by atoms with Gasteiger partial charge in [-0.05, 0) is 13.8 Å². The lowest BCUT2D eigenvalue weighted by Gasteiger charge is -2.12. The Balaban J connectivity index is 2.37. The maximum Gasteiger partial charge on any atom is 0.217 e. The fourth-order valence-corrected chi connectivity index (χ4v) is 1.02. The van der Waals surface area contributed by atoms with Gasteiger partial charge in [-0.1, -0.05) is 0 Å². The van der Waals surface area contributed by atoms with Crippen molar-refractivity contribution < 1.29 is 9.13 Å². The van der Waals surface area contributed by atoms with Crippen molar-refractivity contribution in [2.45, 2.75) is 20.0 Å². The van der Waals surface area contributed by atoms with E-state index in [-0.39, 0.29) is 6.10 Å². The largest absolute Gasteiger partial charge is 0.377 e. The van der Waals surface area contributed by atoms with Gasteiger partial charge in [-0.25, -0.2) is 9.97 Å². The maximum atomic E-state index is 12.6. The fourth-order valence-electron chi connectivity index (χ4n) is 1.02. The van der Waals surface area contributed by atoms with Crippen LogP contribution in [0.2, 0.25) is 0 Å². The highest BCUT2D eigenvalue weighted by Gasteiger charge is 2.01. The van der Waals surface area contributed by atoms with Gasteiger partial charge in [0, 0.05) is 19.2 Å². The molecule has 14 heavy (non-hydrogen) atoms. The number of hydrogen-bond acceptors (Lipinski definition) is 4. The number of halogens is 1. The third kappa shape index (κ3) is 3.66. The fraction of sp³-hybridized carbons (Fsp3) is 0.556. The summed E-state index contributed by atoms with van der Waals surface area (Å²) >= 11 is 0. The van der Waals surface area contributed by atoms with Gasteiger partial charge in [-0.3, -0.25) is 0 Å². The molecule has 0 fully saturated rings. The minimum atomic E-state index is -0.536. The summed E-state index contributed by atoms with van der Waals surface area (Å²) in [5, 5.41) is 2.95. The molecule has 1 aromatic rings. The molecule has 0 saturated heterocycles. The lowest BCUT2D eigenvalue weighted by Crippen LogP contribution is -2.20. The molecule has 0 bridgehead atoms. The number of anilines is 1. The standard InChI is InChI=1S/C9H14FN3O/c1-3-14-7(2)5-11-9-4-8(10)12-6-13-9/h4,6-7H,3,5H2,1-2H3,(H,11,12,13). The lowest BCUT2D eigenvalue weighted by molar-refractivity contribution is 0.0855. The highest BCUT2D eigenvalue weighted by Crippen LogP contribution is 2.02. The van der Waals surface area contributed by atoms with E-state index in [0.29, 0.717) is 19.0 Å². The molecule has 0 aromatic carbocycles. The van der Waals surface area contributed by atoms with Crippen molar-refractivity contribution in [1.29, 1.82) is 0 Å². The van der Waals surface area contributed by atoms with Gasteiger partial charge in [0.15, 0.2) is 0 Å². The zero-order chi connectivity index (χ0) is 10.4. The molecule has 0 spiro atoms. The van der Waals surface area contributed by atoms with Crippen LogP contribution < -0.4 is 5.32 Å². The van der Waals surface area contributed by atoms with Crippen molar-refractivity contribution >= 4 is 5.82 Å². The van der Waals surface area contributed by atoms with Crippen LogP contribution in [-0.2, 0) is 4.74 Å². The van der Waals surface area contributed by atoms with Crippen LogP contribution >= 0.6 is 0 Å². The molecule has 0 aliphatic heterocycles. The predicted octanol–water partition coefficient (Wildman–Crippen LogP) is 1.45. The molecule has 0 aliphatic rings. The first kappa shape index (κ1) is 10.8. The first-order valence-corrected chi connectivity index (χ1v) is 4.55. The first-order valence-electron chi connectivity index (χ1n) is 4.55. The second-order valence-corrected chi connectivity index (χ2v) is 2.87. The maximum absolute atomic E-state index is 12.6. The summed E-state index contributed by atoms with van der Waals surface area (Å²) in [5.74, 6) is -0.0596. The van der Waals surface area contributed by atoms with E-state index < -0.39 is 5.95 Å². The van der Waals surface area contributed by atoms with Gasteiger partial charge in [0.25, 0.3) is 0 Å². The van der Waals surface area contributed by atoms with E-state index in [1.807, 2.05) is 13.8 Å². The highest BCUT2D eigenvalue weighted by molar-refractivity contribution is 5.31. The van der Waals surface area contributed by atoms with Crippen LogP contribution in [0.5, 0.6) is 0 Å². The molecule has 1 rings (SSSR count). The Kier molecular flexibility index (Phi) is 4.25. The van der Waals surface area contributed by atoms with E-state index in [1.165, 1.54) is 12.4 Å². The van der Waals surface area contributed by atoms with E-state index in [4.69, 9.17) is 4.74 Å². The Hall–Kier alpha value is -1.23. The summed E-state index contributed by atoms with van der Waals surface area (Å²) < 4.78 is 17.9. The SMILES string of the molecule is CCOC(C)CNc1cc(F)ncn1. The van der Waals surface area contributed by atoms with E-state index in [2.05, 4.69) is 15.3 Å². The van der Waals surface area contributed by atoms with Gasteiger partial charge in [0.1, 0.15) is 12.1 Å². The predicted molar refractivity (Wildman–Crippen MR) is 51.6 cm³/mol. The van der Waals surface area contributed by atoms with Gasteiger partial charge >= 0.3 is 0 Å². The van der Waals surface area contributed by atoms with E-state index >= 15 is 0 Å². The van der Waals surface area contributed by atoms with E-state index in [1.54, 1.807) is 0 Å². The van der Waals surface area contributed by atoms with Gasteiger partial charge in [0.05, 0.1) is 6.10 Å². The Morgan fingerprint density at radius 1 is 1.57 bits per heavy atom. The summed E-state index contributed by atoms with van der Waals surface area (Å²) in [6, 6.07) is 1.25. The van der Waals surface area contributed by atoms with Crippen molar-refractivity contribution in [3.63, 3.8) is 0 Å². The number of nitrogens with zero attached hydrogens (tertiary/aromatic N) is 2. The Morgan fingerprint density at radius 2 is 2.36 bits per heavy atom. The normalized spacial score (nSPS) is 12.5. The number of aromatic nitrogens is 2. The van der Waals surface area contributed by atoms with Crippen LogP contribution in [-0.4, -0.2) is 29.2 Å². The molecule has 0 amide bonds. The monoisotopic (exact) mass is 199 g/mol. The second kappa shape index (κ2) is 5.49. The van der Waals surface area contributed by atoms with Gasteiger partial charge in [-0.2, -0.15) is 4.39 Å². The molecule has 0 radical (unpaired) electrons. The zero-order valence-electron chi connectivity index (χ0n) is 8.33. The Bertz CT molecular complexity index is 283. The van der Waals surface area contributed by atoms with Crippen LogP contribution in [0.4, 0.5) is 10.2 Å². The molecule has 78 valence electrons. The number of hydrogen-bond donors (Lipinski definition) is 1. The minimum Gasteiger partial charge on any atom is -0.377 e. The van der Waals surface area contributed by atoms with Crippen LogP contribution in [0.25, 0.3) is 0 Å². The van der Waals surface area contributed by atoms with Crippen LogP contribution in [0.3, 0.4) is 0 Å². The molecule has 1 N–H and O–H groups in total. The van der Waals surface area contributed by atoms with E-state index in [9.17, 15) is 4.39 Å². The van der Waals surface area contributed by atoms with Crippen molar-refractivity contribution in [2.75, 3.05) is 18.5 Å². The smallest absolute Gasteiger partial charge is 0.217 e. The highest BCUT2D eigenvalue weighted by atomic mass is 19.1. The minimum absolute atomic E-state index is 0.0815. The summed E-state index contributed by atoms with van der Waals surface area (Å²) in [4.78, 5) is 7.21. The average molecular weight is 199 g/mol. The topological polar surface area (TPSA) is 47.0 Å². The second-order valence-electron chi connectivity index (χ2n) is 2.87. The Morgan fingerprint density at radius 3 is 3.00 bits per heavy atom. The quantitative estimate of drug-likeness (QED) is 0.729. The number of nitrogens with one attached hydrogen (secondary N) is 1. The van der Waals surface area contributed by atoms with Crippen molar-refractivity contribution in [2.24, 2.45) is 0 Å². The molecule has 4 nitrogen and oxygen atoms in total. The van der Waals surface area contributed by atoms with Crippen molar-refractivity contribution in [3.05, 3.63) is 18.3 Å². The van der Waals surface area contributed by atoms with Crippen LogP contribution in [0.1, 0.15) is 13.8 Å². The molecule has 1 heterocycles. The van der Waals surface area contributed by atoms with Crippen LogP contribution in [0, 0.1) is 5.95 Å². The molecular formula is C9H14FN3O. The summed E-state index contributed by atoms with van der Waals surface area (Å²) in [6.07, 6.45) is 1.27. The molecule has 5 heteroatoms. The zero-order valence-corrected chi connectivity index (χ0v) is 8.33. The molecule has 0 saturated carbocycles. The first-order chi connectivity index (χ1) is 6.72. The van der Waals surface area contributed by atoms with Gasteiger partial charge in [0.2, 0.25) is 5.95 Å². The third-order valence-corrected chi connectivity index (χ3v) is 1.66. The van der Waals surface area contributed by atoms with Crippen LogP contribution in [0.15, 0.2) is 12.4 Å². The molecule has 1 atom stereocenters. The molecule has 1 aromatic heterocycles. The Labute approximate surface area is 82.5 Å². The molecule has 1 unspecified atom stereocenters. The summed E-state index contributed by atoms with van der Waals surface area (Å²) in [6.45, 7) is 5.14. The lowest BCUT2D eigenvalue weighted by atomic mass is 10.4. The number of ether oxygens (including phenoxy) is 1. The van der Waals surface area contributed by atoms with Crippen molar-refractivity contribution in [3.8, 4) is 0 Å². The number of rotatable bonds is 5. The van der Waals surface area contributed by atoms with Crippen molar-refractivity contribution in [1.82, 2.24) is 9.97 Å². The summed E-state index contributed by atoms with van der Waals surface area (Å²) in [5.41, 5.74) is 0. The third-order valence-electron chi connectivity index (χ3n) is 1.66. The van der Waals surface area contributed by atoms with E-state index in [0.717, 1.165) is 0 Å². The molecule has 0 aliphatic carbocycles. The van der Waals surface area contributed by atoms with Gasteiger partial charge < -0.3 is 10.1 Å². The average Bonchev–Trinajstić information content (AvgIpc) is 2.15. The van der Waals surface area contributed by atoms with Gasteiger partial charge in [-0.15, -0.1) is 0 Å².